The van der Waals surface area contributed by atoms with Gasteiger partial charge >= 0.3 is 5.95 Å². The van der Waals surface area contributed by atoms with Crippen molar-refractivity contribution in [1.29, 1.82) is 0 Å². The van der Waals surface area contributed by atoms with Gasteiger partial charge in [-0.15, -0.1) is 0 Å². The number of thiocarbonyl (C=S) groups is 1. The van der Waals surface area contributed by atoms with E-state index in [-0.39, 0.29) is 11.7 Å². The molecule has 16 heavy (non-hydrogen) atoms. The van der Waals surface area contributed by atoms with Crippen LogP contribution in [0.2, 0.25) is 0 Å². The maximum absolute atomic E-state index is 10.3. The smallest absolute Gasteiger partial charge is 0.390 e. The second-order valence-corrected chi connectivity index (χ2v) is 3.14. The van der Waals surface area contributed by atoms with Gasteiger partial charge in [0.15, 0.2) is 5.11 Å². The third-order valence-electron chi connectivity index (χ3n) is 1.33. The van der Waals surface area contributed by atoms with E-state index in [9.17, 15) is 10.1 Å². The second kappa shape index (κ2) is 5.06. The summed E-state index contributed by atoms with van der Waals surface area (Å²) < 4.78 is 0. The van der Waals surface area contributed by atoms with Crippen LogP contribution in [0.4, 0.5) is 5.95 Å². The number of nitrogens with one attached hydrogen (secondary N) is 1. The summed E-state index contributed by atoms with van der Waals surface area (Å²) in [5, 5.41) is 24.3. The molecule has 10 nitrogen and oxygen atoms in total. The first-order chi connectivity index (χ1) is 7.49. The number of nitro groups is 1. The molecule has 86 valence electrons. The van der Waals surface area contributed by atoms with Crippen LogP contribution in [0.15, 0.2) is 5.10 Å². The number of rotatable bonds is 4. The Morgan fingerprint density at radius 2 is 2.50 bits per heavy atom. The predicted molar refractivity (Wildman–Crippen MR) is 57.5 cm³/mol. The van der Waals surface area contributed by atoms with Crippen LogP contribution in [0.3, 0.4) is 0 Å². The van der Waals surface area contributed by atoms with E-state index in [1.807, 2.05) is 0 Å². The van der Waals surface area contributed by atoms with Crippen LogP contribution < -0.4 is 11.2 Å². The molecule has 0 saturated heterocycles. The Hall–Kier alpha value is -2.17. The van der Waals surface area contributed by atoms with Gasteiger partial charge in [-0.3, -0.25) is 5.43 Å². The van der Waals surface area contributed by atoms with Crippen molar-refractivity contribution in [1.82, 2.24) is 25.6 Å². The largest absolute Gasteiger partial charge is 0.514 e. The lowest BCUT2D eigenvalue weighted by Crippen LogP contribution is -2.26. The Morgan fingerprint density at radius 1 is 1.81 bits per heavy atom. The van der Waals surface area contributed by atoms with Crippen molar-refractivity contribution in [2.45, 2.75) is 13.5 Å². The van der Waals surface area contributed by atoms with E-state index < -0.39 is 10.9 Å². The lowest BCUT2D eigenvalue weighted by molar-refractivity contribution is -0.394. The van der Waals surface area contributed by atoms with E-state index in [0.717, 1.165) is 4.80 Å². The highest BCUT2D eigenvalue weighted by Crippen LogP contribution is 1.96. The third kappa shape index (κ3) is 3.53. The fraction of sp³-hybridized carbons (Fsp3) is 0.400. The molecular weight excluding hydrogens is 236 g/mol. The summed E-state index contributed by atoms with van der Waals surface area (Å²) in [7, 11) is 0. The normalized spacial score (nSPS) is 11.2. The number of tetrazole rings is 1. The van der Waals surface area contributed by atoms with Gasteiger partial charge in [-0.25, -0.2) is 0 Å². The predicted octanol–water partition coefficient (Wildman–Crippen LogP) is -1.21. The van der Waals surface area contributed by atoms with E-state index in [1.54, 1.807) is 6.92 Å². The summed E-state index contributed by atoms with van der Waals surface area (Å²) >= 11 is 4.54. The number of nitrogens with zero attached hydrogens (tertiary/aromatic N) is 6. The molecule has 0 amide bonds. The first-order valence-corrected chi connectivity index (χ1v) is 4.40. The zero-order chi connectivity index (χ0) is 12.1. The average molecular weight is 244 g/mol. The first kappa shape index (κ1) is 11.9. The van der Waals surface area contributed by atoms with E-state index >= 15 is 0 Å². The molecule has 3 N–H and O–H groups in total. The Bertz CT molecular complexity index is 439. The zero-order valence-corrected chi connectivity index (χ0v) is 9.01. The van der Waals surface area contributed by atoms with Crippen LogP contribution in [-0.4, -0.2) is 36.0 Å². The summed E-state index contributed by atoms with van der Waals surface area (Å²) in [5.74, 6) is -0.560. The summed E-state index contributed by atoms with van der Waals surface area (Å²) in [6, 6.07) is 0. The molecule has 0 spiro atoms. The van der Waals surface area contributed by atoms with E-state index in [2.05, 4.69) is 38.2 Å². The number of hydrogen-bond donors (Lipinski definition) is 2. The fourth-order valence-electron chi connectivity index (χ4n) is 0.765. The summed E-state index contributed by atoms with van der Waals surface area (Å²) in [6.45, 7) is 1.80. The van der Waals surface area contributed by atoms with Gasteiger partial charge in [0.2, 0.25) is 0 Å². The highest BCUT2D eigenvalue weighted by Gasteiger charge is 2.15. The van der Waals surface area contributed by atoms with Crippen molar-refractivity contribution in [3.63, 3.8) is 0 Å². The van der Waals surface area contributed by atoms with Crippen LogP contribution in [0.25, 0.3) is 0 Å². The Balaban J connectivity index is 2.62. The molecule has 11 heteroatoms. The lowest BCUT2D eigenvalue weighted by Gasteiger charge is -1.97. The number of aromatic nitrogens is 4. The minimum absolute atomic E-state index is 0.0249. The molecule has 0 atom stereocenters. The Kier molecular flexibility index (Phi) is 3.77. The molecule has 0 radical (unpaired) electrons. The molecule has 0 saturated carbocycles. The molecule has 0 fully saturated rings. The van der Waals surface area contributed by atoms with Gasteiger partial charge in [-0.1, -0.05) is 4.80 Å². The second-order valence-electron chi connectivity index (χ2n) is 2.70. The van der Waals surface area contributed by atoms with Gasteiger partial charge in [0, 0.05) is 5.21 Å². The van der Waals surface area contributed by atoms with Crippen LogP contribution in [-0.2, 0) is 6.54 Å². The maximum Gasteiger partial charge on any atom is 0.514 e. The van der Waals surface area contributed by atoms with Crippen LogP contribution in [0.1, 0.15) is 6.92 Å². The van der Waals surface area contributed by atoms with Gasteiger partial charge in [-0.05, 0) is 24.1 Å². The van der Waals surface area contributed by atoms with Crippen molar-refractivity contribution in [2.24, 2.45) is 10.8 Å². The molecule has 0 aliphatic heterocycles. The highest BCUT2D eigenvalue weighted by atomic mass is 32.1. The topological polar surface area (TPSA) is 137 Å². The molecule has 0 aromatic carbocycles. The van der Waals surface area contributed by atoms with Gasteiger partial charge in [0.1, 0.15) is 6.54 Å². The third-order valence-corrected chi connectivity index (χ3v) is 1.42. The van der Waals surface area contributed by atoms with Crippen molar-refractivity contribution >= 4 is 29.0 Å². The molecular formula is C5H8N8O2S. The van der Waals surface area contributed by atoms with Gasteiger partial charge in [-0.2, -0.15) is 5.10 Å². The molecule has 1 aromatic rings. The van der Waals surface area contributed by atoms with E-state index in [4.69, 9.17) is 5.73 Å². The zero-order valence-electron chi connectivity index (χ0n) is 8.19. The first-order valence-electron chi connectivity index (χ1n) is 4.00. The van der Waals surface area contributed by atoms with Gasteiger partial charge in [0.25, 0.3) is 0 Å². The molecule has 1 aromatic heterocycles. The maximum atomic E-state index is 10.3. The molecule has 0 aliphatic carbocycles. The highest BCUT2D eigenvalue weighted by molar-refractivity contribution is 7.80. The quantitative estimate of drug-likeness (QED) is 0.291. The van der Waals surface area contributed by atoms with Crippen molar-refractivity contribution in [3.05, 3.63) is 10.1 Å². The van der Waals surface area contributed by atoms with Crippen LogP contribution in [0.5, 0.6) is 0 Å². The Morgan fingerprint density at radius 3 is 3.00 bits per heavy atom. The number of hydrogen-bond acceptors (Lipinski definition) is 7. The molecule has 1 heterocycles. The van der Waals surface area contributed by atoms with Crippen molar-refractivity contribution < 1.29 is 4.92 Å². The number of hydrazone groups is 1. The minimum Gasteiger partial charge on any atom is -0.390 e. The molecule has 0 bridgehead atoms. The number of nitrogens with two attached hydrogens (primary N) is 1. The minimum atomic E-state index is -0.733. The summed E-state index contributed by atoms with van der Waals surface area (Å²) in [6.07, 6.45) is 0. The standard InChI is InChI=1S/C5H8N8O2S/c1-3(7-8-4(6)16)2-12-10-5(9-11-12)13(14)15/h2H2,1H3,(H3,6,8,16)/b7-3+. The van der Waals surface area contributed by atoms with Gasteiger partial charge < -0.3 is 15.8 Å². The Labute approximate surface area is 94.6 Å². The summed E-state index contributed by atoms with van der Waals surface area (Å²) in [4.78, 5) is 10.6. The van der Waals surface area contributed by atoms with Crippen LogP contribution >= 0.6 is 12.2 Å². The van der Waals surface area contributed by atoms with Gasteiger partial charge in [0.05, 0.1) is 15.9 Å². The van der Waals surface area contributed by atoms with Crippen molar-refractivity contribution in [3.8, 4) is 0 Å². The van der Waals surface area contributed by atoms with E-state index in [1.165, 1.54) is 0 Å². The lowest BCUT2D eigenvalue weighted by atomic mass is 10.4. The molecule has 1 rings (SSSR count). The van der Waals surface area contributed by atoms with Crippen molar-refractivity contribution in [2.75, 3.05) is 0 Å². The monoisotopic (exact) mass is 244 g/mol. The SMILES string of the molecule is C/C(Cn1nnc([N+](=O)[O-])n1)=N\NC(N)=S. The fourth-order valence-corrected chi connectivity index (χ4v) is 0.811. The summed E-state index contributed by atoms with van der Waals surface area (Å²) in [5.41, 5.74) is 8.06. The average Bonchev–Trinajstić information content (AvgIpc) is 2.63. The van der Waals surface area contributed by atoms with E-state index in [0.29, 0.717) is 5.71 Å². The molecule has 0 unspecified atom stereocenters. The van der Waals surface area contributed by atoms with Crippen LogP contribution in [0, 0.1) is 10.1 Å². The molecule has 0 aliphatic rings.